The molecule has 0 atom stereocenters. The van der Waals surface area contributed by atoms with E-state index in [1.807, 2.05) is 24.3 Å². The van der Waals surface area contributed by atoms with E-state index in [-0.39, 0.29) is 5.91 Å². The Morgan fingerprint density at radius 3 is 2.79 bits per heavy atom. The number of benzene rings is 1. The molecular weight excluding hydrogens is 178 g/mol. The highest BCUT2D eigenvalue weighted by Crippen LogP contribution is 2.09. The van der Waals surface area contributed by atoms with Crippen LogP contribution in [0.15, 0.2) is 24.3 Å². The molecule has 0 aromatic heterocycles. The Labute approximate surface area is 83.5 Å². The van der Waals surface area contributed by atoms with E-state index in [0.29, 0.717) is 18.8 Å². The molecule has 4 heteroatoms. The first-order valence-electron chi connectivity index (χ1n) is 4.48. The number of anilines is 1. The maximum atomic E-state index is 11.1. The molecule has 0 aliphatic heterocycles. The number of carbonyl (C=O) groups is 1. The maximum Gasteiger partial charge on any atom is 0.234 e. The van der Waals surface area contributed by atoms with E-state index >= 15 is 0 Å². The van der Waals surface area contributed by atoms with E-state index in [2.05, 4.69) is 10.6 Å². The standard InChI is InChI=1S/C10H15N3O/c1-12-7-10(14)13-6-8-4-2-3-5-9(8)11/h2-5,12H,6-7,11H2,1H3,(H,13,14). The van der Waals surface area contributed by atoms with Crippen molar-refractivity contribution in [1.82, 2.24) is 10.6 Å². The number of rotatable bonds is 4. The van der Waals surface area contributed by atoms with E-state index in [1.54, 1.807) is 7.05 Å². The second kappa shape index (κ2) is 5.24. The summed E-state index contributed by atoms with van der Waals surface area (Å²) in [6.45, 7) is 0.805. The normalized spacial score (nSPS) is 9.79. The molecule has 1 aromatic rings. The zero-order valence-electron chi connectivity index (χ0n) is 8.21. The molecule has 4 N–H and O–H groups in total. The maximum absolute atomic E-state index is 11.1. The summed E-state index contributed by atoms with van der Waals surface area (Å²) in [6.07, 6.45) is 0. The summed E-state index contributed by atoms with van der Waals surface area (Å²) < 4.78 is 0. The molecule has 76 valence electrons. The second-order valence-corrected chi connectivity index (χ2v) is 3.01. The molecule has 0 spiro atoms. The first kappa shape index (κ1) is 10.5. The predicted molar refractivity (Wildman–Crippen MR) is 56.6 cm³/mol. The van der Waals surface area contributed by atoms with Crippen LogP contribution in [0.4, 0.5) is 5.69 Å². The predicted octanol–water partition coefficient (Wildman–Crippen LogP) is 0.104. The summed E-state index contributed by atoms with van der Waals surface area (Å²) in [5.74, 6) is -0.0317. The molecule has 0 fully saturated rings. The molecule has 0 heterocycles. The van der Waals surface area contributed by atoms with Crippen LogP contribution in [-0.4, -0.2) is 19.5 Å². The van der Waals surface area contributed by atoms with E-state index in [0.717, 1.165) is 5.56 Å². The van der Waals surface area contributed by atoms with Gasteiger partial charge in [0.25, 0.3) is 0 Å². The van der Waals surface area contributed by atoms with Gasteiger partial charge in [0.1, 0.15) is 0 Å². The van der Waals surface area contributed by atoms with Gasteiger partial charge in [-0.25, -0.2) is 0 Å². The lowest BCUT2D eigenvalue weighted by molar-refractivity contribution is -0.120. The number of likely N-dealkylation sites (N-methyl/N-ethyl adjacent to an activating group) is 1. The van der Waals surface area contributed by atoms with Gasteiger partial charge in [-0.2, -0.15) is 0 Å². The van der Waals surface area contributed by atoms with Crippen molar-refractivity contribution in [1.29, 1.82) is 0 Å². The van der Waals surface area contributed by atoms with Crippen molar-refractivity contribution in [3.8, 4) is 0 Å². The van der Waals surface area contributed by atoms with Crippen molar-refractivity contribution < 1.29 is 4.79 Å². The van der Waals surface area contributed by atoms with Gasteiger partial charge in [-0.05, 0) is 18.7 Å². The third-order valence-corrected chi connectivity index (χ3v) is 1.87. The second-order valence-electron chi connectivity index (χ2n) is 3.01. The number of amides is 1. The highest BCUT2D eigenvalue weighted by Gasteiger charge is 2.00. The number of nitrogen functional groups attached to an aromatic ring is 1. The van der Waals surface area contributed by atoms with Crippen LogP contribution in [0.5, 0.6) is 0 Å². The lowest BCUT2D eigenvalue weighted by Crippen LogP contribution is -2.31. The van der Waals surface area contributed by atoms with Gasteiger partial charge in [-0.1, -0.05) is 18.2 Å². The molecule has 0 unspecified atom stereocenters. The van der Waals surface area contributed by atoms with Gasteiger partial charge in [-0.15, -0.1) is 0 Å². The zero-order chi connectivity index (χ0) is 10.4. The molecule has 0 radical (unpaired) electrons. The average Bonchev–Trinajstić information content (AvgIpc) is 2.17. The average molecular weight is 193 g/mol. The van der Waals surface area contributed by atoms with Crippen LogP contribution in [0.1, 0.15) is 5.56 Å². The Morgan fingerprint density at radius 1 is 1.43 bits per heavy atom. The van der Waals surface area contributed by atoms with Gasteiger partial charge < -0.3 is 16.4 Å². The number of nitrogens with two attached hydrogens (primary N) is 1. The van der Waals surface area contributed by atoms with Crippen molar-refractivity contribution in [2.24, 2.45) is 0 Å². The number of hydrogen-bond acceptors (Lipinski definition) is 3. The van der Waals surface area contributed by atoms with Crippen LogP contribution >= 0.6 is 0 Å². The van der Waals surface area contributed by atoms with Gasteiger partial charge in [0, 0.05) is 12.2 Å². The monoisotopic (exact) mass is 193 g/mol. The summed E-state index contributed by atoms with van der Waals surface area (Å²) in [5, 5.41) is 5.53. The lowest BCUT2D eigenvalue weighted by atomic mass is 10.2. The minimum absolute atomic E-state index is 0.0317. The van der Waals surface area contributed by atoms with Crippen molar-refractivity contribution >= 4 is 11.6 Å². The van der Waals surface area contributed by atoms with E-state index in [9.17, 15) is 4.79 Å². The molecular formula is C10H15N3O. The molecule has 14 heavy (non-hydrogen) atoms. The van der Waals surface area contributed by atoms with Gasteiger partial charge in [0.15, 0.2) is 0 Å². The Kier molecular flexibility index (Phi) is 3.94. The molecule has 0 aliphatic rings. The van der Waals surface area contributed by atoms with Gasteiger partial charge in [0.2, 0.25) is 5.91 Å². The molecule has 1 rings (SSSR count). The largest absolute Gasteiger partial charge is 0.398 e. The Morgan fingerprint density at radius 2 is 2.14 bits per heavy atom. The van der Waals surface area contributed by atoms with Crippen LogP contribution in [0.25, 0.3) is 0 Å². The van der Waals surface area contributed by atoms with Crippen LogP contribution in [0.2, 0.25) is 0 Å². The molecule has 0 saturated heterocycles. The Hall–Kier alpha value is -1.55. The summed E-state index contributed by atoms with van der Waals surface area (Å²) in [4.78, 5) is 11.1. The minimum atomic E-state index is -0.0317. The number of para-hydroxylation sites is 1. The van der Waals surface area contributed by atoms with Gasteiger partial charge in [0.05, 0.1) is 6.54 Å². The third kappa shape index (κ3) is 3.06. The summed E-state index contributed by atoms with van der Waals surface area (Å²) in [5.41, 5.74) is 7.36. The fraction of sp³-hybridized carbons (Fsp3) is 0.300. The Bertz CT molecular complexity index is 312. The number of hydrogen-bond donors (Lipinski definition) is 3. The molecule has 0 saturated carbocycles. The van der Waals surface area contributed by atoms with Crippen molar-refractivity contribution in [3.05, 3.63) is 29.8 Å². The summed E-state index contributed by atoms with van der Waals surface area (Å²) in [7, 11) is 1.73. The molecule has 1 amide bonds. The van der Waals surface area contributed by atoms with Crippen molar-refractivity contribution in [2.75, 3.05) is 19.3 Å². The summed E-state index contributed by atoms with van der Waals surface area (Å²) >= 11 is 0. The van der Waals surface area contributed by atoms with E-state index < -0.39 is 0 Å². The zero-order valence-corrected chi connectivity index (χ0v) is 8.21. The molecule has 0 aliphatic carbocycles. The molecule has 4 nitrogen and oxygen atoms in total. The molecule has 0 bridgehead atoms. The topological polar surface area (TPSA) is 67.2 Å². The van der Waals surface area contributed by atoms with Crippen molar-refractivity contribution in [3.63, 3.8) is 0 Å². The SMILES string of the molecule is CNCC(=O)NCc1ccccc1N. The minimum Gasteiger partial charge on any atom is -0.398 e. The quantitative estimate of drug-likeness (QED) is 0.594. The smallest absolute Gasteiger partial charge is 0.234 e. The van der Waals surface area contributed by atoms with E-state index in [4.69, 9.17) is 5.73 Å². The van der Waals surface area contributed by atoms with Crippen LogP contribution in [0, 0.1) is 0 Å². The fourth-order valence-electron chi connectivity index (χ4n) is 1.11. The van der Waals surface area contributed by atoms with Crippen molar-refractivity contribution in [2.45, 2.75) is 6.54 Å². The number of nitrogens with one attached hydrogen (secondary N) is 2. The van der Waals surface area contributed by atoms with Gasteiger partial charge >= 0.3 is 0 Å². The third-order valence-electron chi connectivity index (χ3n) is 1.87. The summed E-state index contributed by atoms with van der Waals surface area (Å²) in [6, 6.07) is 7.48. The Balaban J connectivity index is 2.46. The molecule has 1 aromatic carbocycles. The first-order valence-corrected chi connectivity index (χ1v) is 4.48. The first-order chi connectivity index (χ1) is 6.74. The lowest BCUT2D eigenvalue weighted by Gasteiger charge is -2.06. The van der Waals surface area contributed by atoms with Crippen LogP contribution in [-0.2, 0) is 11.3 Å². The van der Waals surface area contributed by atoms with Gasteiger partial charge in [-0.3, -0.25) is 4.79 Å². The fourth-order valence-corrected chi connectivity index (χ4v) is 1.11. The van der Waals surface area contributed by atoms with Crippen LogP contribution in [0.3, 0.4) is 0 Å². The number of carbonyl (C=O) groups excluding carboxylic acids is 1. The highest BCUT2D eigenvalue weighted by molar-refractivity contribution is 5.78. The van der Waals surface area contributed by atoms with E-state index in [1.165, 1.54) is 0 Å². The van der Waals surface area contributed by atoms with Crippen LogP contribution < -0.4 is 16.4 Å². The highest BCUT2D eigenvalue weighted by atomic mass is 16.1.